The monoisotopic (exact) mass is 393 g/mol. The van der Waals surface area contributed by atoms with E-state index in [1.807, 2.05) is 25.1 Å². The van der Waals surface area contributed by atoms with Crippen LogP contribution in [0.1, 0.15) is 55.7 Å². The maximum Gasteiger partial charge on any atom is 0.264 e. The number of carbonyl (C=O) groups is 1. The molecule has 0 bridgehead atoms. The van der Waals surface area contributed by atoms with Gasteiger partial charge in [0.25, 0.3) is 5.91 Å². The van der Waals surface area contributed by atoms with Gasteiger partial charge >= 0.3 is 0 Å². The summed E-state index contributed by atoms with van der Waals surface area (Å²) in [4.78, 5) is 13.2. The molecule has 1 aliphatic heterocycles. The van der Waals surface area contributed by atoms with Crippen molar-refractivity contribution < 1.29 is 15.0 Å². The van der Waals surface area contributed by atoms with Crippen molar-refractivity contribution in [1.82, 2.24) is 10.7 Å². The predicted molar refractivity (Wildman–Crippen MR) is 112 cm³/mol. The van der Waals surface area contributed by atoms with Gasteiger partial charge in [-0.2, -0.15) is 5.10 Å². The van der Waals surface area contributed by atoms with Crippen LogP contribution >= 0.6 is 0 Å². The standard InChI is InChI=1S/C23H27N3O3/c1-22(21(29)25-24-15-16-9-10-19(27)20(28)13-16)18-8-4-3-7-17(18)14-23(26-22)11-5-2-6-12-23/h3-4,7-10,13,15,26-28H,2,5-6,11-12,14H2,1H3,(H,25,29)/b24-15-/t22-/m0/s1. The lowest BCUT2D eigenvalue weighted by molar-refractivity contribution is -0.129. The number of benzene rings is 2. The fourth-order valence-corrected chi connectivity index (χ4v) is 4.78. The minimum Gasteiger partial charge on any atom is -0.504 e. The molecular weight excluding hydrogens is 366 g/mol. The van der Waals surface area contributed by atoms with Gasteiger partial charge in [0.1, 0.15) is 5.54 Å². The van der Waals surface area contributed by atoms with Crippen LogP contribution in [0.15, 0.2) is 47.6 Å². The van der Waals surface area contributed by atoms with Crippen LogP contribution in [0, 0.1) is 0 Å². The number of nitrogens with one attached hydrogen (secondary N) is 2. The molecule has 0 aromatic heterocycles. The molecule has 6 nitrogen and oxygen atoms in total. The molecule has 2 aromatic rings. The molecule has 1 aliphatic carbocycles. The molecule has 2 aliphatic rings. The first-order valence-corrected chi connectivity index (χ1v) is 10.2. The Morgan fingerprint density at radius 2 is 1.86 bits per heavy atom. The zero-order valence-corrected chi connectivity index (χ0v) is 16.6. The Morgan fingerprint density at radius 1 is 1.10 bits per heavy atom. The van der Waals surface area contributed by atoms with Crippen molar-refractivity contribution in [3.05, 3.63) is 59.2 Å². The van der Waals surface area contributed by atoms with Gasteiger partial charge in [0.2, 0.25) is 0 Å². The third-order valence-electron chi connectivity index (χ3n) is 6.24. The van der Waals surface area contributed by atoms with E-state index < -0.39 is 5.54 Å². The smallest absolute Gasteiger partial charge is 0.264 e. The first-order chi connectivity index (χ1) is 13.9. The summed E-state index contributed by atoms with van der Waals surface area (Å²) in [5.41, 5.74) is 4.53. The Bertz CT molecular complexity index is 950. The summed E-state index contributed by atoms with van der Waals surface area (Å²) in [6, 6.07) is 12.5. The van der Waals surface area contributed by atoms with Crippen molar-refractivity contribution in [2.45, 2.75) is 56.5 Å². The minimum atomic E-state index is -0.874. The second-order valence-corrected chi connectivity index (χ2v) is 8.37. The maximum atomic E-state index is 13.2. The summed E-state index contributed by atoms with van der Waals surface area (Å²) < 4.78 is 0. The van der Waals surface area contributed by atoms with E-state index in [0.29, 0.717) is 5.56 Å². The second kappa shape index (κ2) is 7.52. The molecule has 1 heterocycles. The average molecular weight is 393 g/mol. The summed E-state index contributed by atoms with van der Waals surface area (Å²) in [7, 11) is 0. The van der Waals surface area contributed by atoms with E-state index in [-0.39, 0.29) is 22.9 Å². The van der Waals surface area contributed by atoms with E-state index in [9.17, 15) is 15.0 Å². The minimum absolute atomic E-state index is 0.0504. The third-order valence-corrected chi connectivity index (χ3v) is 6.24. The zero-order valence-electron chi connectivity index (χ0n) is 16.6. The molecule has 2 aromatic carbocycles. The Hall–Kier alpha value is -2.86. The van der Waals surface area contributed by atoms with Crippen LogP contribution in [-0.4, -0.2) is 27.9 Å². The zero-order chi connectivity index (χ0) is 20.5. The molecule has 4 rings (SSSR count). The molecule has 152 valence electrons. The van der Waals surface area contributed by atoms with Crippen molar-refractivity contribution in [2.24, 2.45) is 5.10 Å². The summed E-state index contributed by atoms with van der Waals surface area (Å²) >= 11 is 0. The lowest BCUT2D eigenvalue weighted by Gasteiger charge is -2.49. The van der Waals surface area contributed by atoms with Crippen molar-refractivity contribution in [3.63, 3.8) is 0 Å². The number of hydrazone groups is 1. The molecule has 6 heteroatoms. The average Bonchev–Trinajstić information content (AvgIpc) is 2.71. The first kappa shape index (κ1) is 19.5. The van der Waals surface area contributed by atoms with Crippen LogP contribution in [0.2, 0.25) is 0 Å². The number of phenolic OH excluding ortho intramolecular Hbond substituents is 2. The van der Waals surface area contributed by atoms with Gasteiger partial charge in [-0.1, -0.05) is 43.5 Å². The molecule has 1 spiro atoms. The largest absolute Gasteiger partial charge is 0.504 e. The fourth-order valence-electron chi connectivity index (χ4n) is 4.78. The molecule has 4 N–H and O–H groups in total. The number of hydrogen-bond donors (Lipinski definition) is 4. The topological polar surface area (TPSA) is 94.0 Å². The third kappa shape index (κ3) is 3.72. The number of nitrogens with zero attached hydrogens (tertiary/aromatic N) is 1. The lowest BCUT2D eigenvalue weighted by Crippen LogP contribution is -2.65. The van der Waals surface area contributed by atoms with E-state index in [0.717, 1.165) is 24.8 Å². The Labute approximate surface area is 170 Å². The van der Waals surface area contributed by atoms with Gasteiger partial charge in [-0.05, 0) is 61.1 Å². The molecule has 1 amide bonds. The number of amides is 1. The molecule has 1 saturated carbocycles. The number of hydrogen-bond acceptors (Lipinski definition) is 5. The van der Waals surface area contributed by atoms with Crippen LogP contribution in [-0.2, 0) is 16.8 Å². The van der Waals surface area contributed by atoms with Gasteiger partial charge in [0.05, 0.1) is 6.21 Å². The predicted octanol–water partition coefficient (Wildman–Crippen LogP) is 3.31. The van der Waals surface area contributed by atoms with Gasteiger partial charge in [0, 0.05) is 5.54 Å². The number of carbonyl (C=O) groups excluding carboxylic acids is 1. The highest BCUT2D eigenvalue weighted by molar-refractivity contribution is 5.89. The van der Waals surface area contributed by atoms with Crippen LogP contribution in [0.3, 0.4) is 0 Å². The lowest BCUT2D eigenvalue weighted by atomic mass is 9.69. The quantitative estimate of drug-likeness (QED) is 0.366. The number of rotatable bonds is 3. The van der Waals surface area contributed by atoms with E-state index in [1.165, 1.54) is 43.2 Å². The van der Waals surface area contributed by atoms with Crippen LogP contribution < -0.4 is 10.7 Å². The van der Waals surface area contributed by atoms with Gasteiger partial charge in [-0.15, -0.1) is 0 Å². The summed E-state index contributed by atoms with van der Waals surface area (Å²) in [5.74, 6) is -0.636. The van der Waals surface area contributed by atoms with E-state index in [2.05, 4.69) is 21.9 Å². The molecule has 29 heavy (non-hydrogen) atoms. The van der Waals surface area contributed by atoms with Gasteiger partial charge in [-0.25, -0.2) is 5.43 Å². The normalized spacial score (nSPS) is 23.1. The highest BCUT2D eigenvalue weighted by atomic mass is 16.3. The van der Waals surface area contributed by atoms with E-state index in [4.69, 9.17) is 0 Å². The number of phenols is 2. The van der Waals surface area contributed by atoms with Gasteiger partial charge < -0.3 is 10.2 Å². The molecule has 0 radical (unpaired) electrons. The Morgan fingerprint density at radius 3 is 2.62 bits per heavy atom. The summed E-state index contributed by atoms with van der Waals surface area (Å²) in [6.07, 6.45) is 8.14. The number of aromatic hydroxyl groups is 2. The SMILES string of the molecule is C[C@]1(C(=O)N/N=C\c2ccc(O)c(O)c2)NC2(CCCCC2)Cc2ccccc21. The molecule has 1 atom stereocenters. The Balaban J connectivity index is 1.58. The number of fused-ring (bicyclic) bond motifs is 1. The van der Waals surface area contributed by atoms with Crippen LogP contribution in [0.5, 0.6) is 11.5 Å². The van der Waals surface area contributed by atoms with Crippen molar-refractivity contribution in [2.75, 3.05) is 0 Å². The summed E-state index contributed by atoms with van der Waals surface area (Å²) in [6.45, 7) is 1.93. The van der Waals surface area contributed by atoms with Crippen LogP contribution in [0.25, 0.3) is 0 Å². The molecular formula is C23H27N3O3. The second-order valence-electron chi connectivity index (χ2n) is 8.37. The van der Waals surface area contributed by atoms with Crippen molar-refractivity contribution in [1.29, 1.82) is 0 Å². The van der Waals surface area contributed by atoms with E-state index >= 15 is 0 Å². The molecule has 0 unspecified atom stereocenters. The van der Waals surface area contributed by atoms with Crippen molar-refractivity contribution in [3.8, 4) is 11.5 Å². The van der Waals surface area contributed by atoms with E-state index in [1.54, 1.807) is 6.07 Å². The summed E-state index contributed by atoms with van der Waals surface area (Å²) in [5, 5.41) is 26.8. The van der Waals surface area contributed by atoms with Gasteiger partial charge in [0.15, 0.2) is 11.5 Å². The first-order valence-electron chi connectivity index (χ1n) is 10.2. The van der Waals surface area contributed by atoms with Crippen LogP contribution in [0.4, 0.5) is 0 Å². The van der Waals surface area contributed by atoms with Crippen molar-refractivity contribution >= 4 is 12.1 Å². The maximum absolute atomic E-state index is 13.2. The van der Waals surface area contributed by atoms with Gasteiger partial charge in [-0.3, -0.25) is 10.1 Å². The molecule has 1 fully saturated rings. The molecule has 0 saturated heterocycles. The fraction of sp³-hybridized carbons (Fsp3) is 0.391. The highest BCUT2D eigenvalue weighted by Crippen LogP contribution is 2.41. The Kier molecular flexibility index (Phi) is 5.04. The highest BCUT2D eigenvalue weighted by Gasteiger charge is 2.48.